The molecule has 1 aromatic carbocycles. The molecule has 144 valence electrons. The summed E-state index contributed by atoms with van der Waals surface area (Å²) in [5.74, 6) is -0.491. The van der Waals surface area contributed by atoms with Crippen LogP contribution in [-0.2, 0) is 16.0 Å². The quantitative estimate of drug-likeness (QED) is 0.793. The molecule has 0 saturated carbocycles. The Hall–Kier alpha value is -2.69. The van der Waals surface area contributed by atoms with E-state index in [1.807, 2.05) is 45.0 Å². The zero-order valence-electron chi connectivity index (χ0n) is 17.1. The fourth-order valence-corrected chi connectivity index (χ4v) is 3.17. The van der Waals surface area contributed by atoms with Crippen molar-refractivity contribution in [2.45, 2.75) is 41.0 Å². The van der Waals surface area contributed by atoms with Gasteiger partial charge in [-0.05, 0) is 69.9 Å². The third-order valence-corrected chi connectivity index (χ3v) is 4.85. The summed E-state index contributed by atoms with van der Waals surface area (Å²) in [5, 5.41) is 2.96. The van der Waals surface area contributed by atoms with Gasteiger partial charge in [-0.25, -0.2) is 0 Å². The number of nitrogens with one attached hydrogen (secondary N) is 1. The van der Waals surface area contributed by atoms with Gasteiger partial charge in [-0.15, -0.1) is 0 Å². The molecule has 0 fully saturated rings. The van der Waals surface area contributed by atoms with E-state index in [1.54, 1.807) is 38.2 Å². The molecular weight excluding hydrogens is 338 g/mol. The molecule has 0 radical (unpaired) electrons. The molecule has 0 spiro atoms. The van der Waals surface area contributed by atoms with E-state index in [9.17, 15) is 9.59 Å². The van der Waals surface area contributed by atoms with Gasteiger partial charge in [-0.1, -0.05) is 17.7 Å². The number of aryl methyl sites for hydroxylation is 3. The molecule has 5 heteroatoms. The molecule has 5 nitrogen and oxygen atoms in total. The maximum Gasteiger partial charge on any atom is 0.239 e. The predicted molar refractivity (Wildman–Crippen MR) is 109 cm³/mol. The van der Waals surface area contributed by atoms with Crippen LogP contribution in [0, 0.1) is 26.2 Å². The largest absolute Gasteiger partial charge is 0.345 e. The van der Waals surface area contributed by atoms with E-state index in [2.05, 4.69) is 10.3 Å². The number of carbonyl (C=O) groups is 2. The summed E-state index contributed by atoms with van der Waals surface area (Å²) in [4.78, 5) is 31.4. The molecule has 0 bridgehead atoms. The first-order valence-electron chi connectivity index (χ1n) is 9.16. The van der Waals surface area contributed by atoms with Gasteiger partial charge < -0.3 is 10.2 Å². The Balaban J connectivity index is 2.07. The predicted octanol–water partition coefficient (Wildman–Crippen LogP) is 3.67. The summed E-state index contributed by atoms with van der Waals surface area (Å²) in [5.41, 5.74) is 3.87. The Morgan fingerprint density at radius 2 is 1.63 bits per heavy atom. The van der Waals surface area contributed by atoms with Crippen molar-refractivity contribution in [3.8, 4) is 0 Å². The lowest BCUT2D eigenvalue weighted by atomic mass is 9.89. The van der Waals surface area contributed by atoms with Crippen LogP contribution in [0.25, 0.3) is 0 Å². The molecule has 0 unspecified atom stereocenters. The summed E-state index contributed by atoms with van der Waals surface area (Å²) in [6.07, 6.45) is 4.19. The lowest BCUT2D eigenvalue weighted by Gasteiger charge is -2.29. The average molecular weight is 367 g/mol. The Kier molecular flexibility index (Phi) is 6.37. The van der Waals surface area contributed by atoms with Crippen molar-refractivity contribution in [1.82, 2.24) is 9.88 Å². The monoisotopic (exact) mass is 367 g/mol. The molecule has 1 aromatic heterocycles. The molecule has 1 heterocycles. The second kappa shape index (κ2) is 8.33. The Morgan fingerprint density at radius 1 is 1.07 bits per heavy atom. The van der Waals surface area contributed by atoms with Crippen LogP contribution in [0.5, 0.6) is 0 Å². The standard InChI is InChI=1S/C22H29N3O2/c1-15-13-16(2)19(17(3)14-15)24-20(26)22(4,5)21(27)25(6)12-9-18-7-10-23-11-8-18/h7-8,10-11,13-14H,9,12H2,1-6H3,(H,24,26). The lowest BCUT2D eigenvalue weighted by Crippen LogP contribution is -2.46. The number of pyridine rings is 1. The molecule has 0 aliphatic heterocycles. The number of anilines is 1. The van der Waals surface area contributed by atoms with Crippen LogP contribution in [0.3, 0.4) is 0 Å². The molecule has 0 aliphatic rings. The maximum atomic E-state index is 12.9. The second-order valence-electron chi connectivity index (χ2n) is 7.69. The van der Waals surface area contributed by atoms with Crippen molar-refractivity contribution in [3.05, 3.63) is 58.9 Å². The van der Waals surface area contributed by atoms with Gasteiger partial charge in [0.05, 0.1) is 0 Å². The third-order valence-electron chi connectivity index (χ3n) is 4.85. The number of aromatic nitrogens is 1. The zero-order valence-corrected chi connectivity index (χ0v) is 17.1. The smallest absolute Gasteiger partial charge is 0.239 e. The molecule has 2 amide bonds. The van der Waals surface area contributed by atoms with Crippen molar-refractivity contribution in [2.24, 2.45) is 5.41 Å². The Labute approximate surface area is 161 Å². The number of rotatable bonds is 6. The van der Waals surface area contributed by atoms with Gasteiger partial charge in [0.15, 0.2) is 0 Å². The summed E-state index contributed by atoms with van der Waals surface area (Å²) in [6.45, 7) is 9.84. The fourth-order valence-electron chi connectivity index (χ4n) is 3.17. The van der Waals surface area contributed by atoms with E-state index in [1.165, 1.54) is 0 Å². The van der Waals surface area contributed by atoms with Crippen LogP contribution >= 0.6 is 0 Å². The summed E-state index contributed by atoms with van der Waals surface area (Å²) in [7, 11) is 1.74. The Bertz CT molecular complexity index is 806. The third kappa shape index (κ3) is 4.94. The number of likely N-dealkylation sites (N-methyl/N-ethyl adjacent to an activating group) is 1. The summed E-state index contributed by atoms with van der Waals surface area (Å²) >= 11 is 0. The van der Waals surface area contributed by atoms with E-state index >= 15 is 0 Å². The van der Waals surface area contributed by atoms with Gasteiger partial charge in [-0.2, -0.15) is 0 Å². The van der Waals surface area contributed by atoms with Crippen molar-refractivity contribution >= 4 is 17.5 Å². The molecule has 0 saturated heterocycles. The van der Waals surface area contributed by atoms with Crippen LogP contribution in [0.4, 0.5) is 5.69 Å². The Morgan fingerprint density at radius 3 is 2.19 bits per heavy atom. The lowest BCUT2D eigenvalue weighted by molar-refractivity contribution is -0.145. The van der Waals surface area contributed by atoms with Crippen LogP contribution in [0.1, 0.15) is 36.1 Å². The van der Waals surface area contributed by atoms with Crippen LogP contribution < -0.4 is 5.32 Å². The summed E-state index contributed by atoms with van der Waals surface area (Å²) < 4.78 is 0. The minimum Gasteiger partial charge on any atom is -0.345 e. The molecular formula is C22H29N3O2. The van der Waals surface area contributed by atoms with Gasteiger partial charge in [0.1, 0.15) is 5.41 Å². The molecule has 2 rings (SSSR count). The van der Waals surface area contributed by atoms with E-state index < -0.39 is 5.41 Å². The number of amides is 2. The molecule has 0 atom stereocenters. The normalized spacial score (nSPS) is 11.2. The van der Waals surface area contributed by atoms with Crippen molar-refractivity contribution in [2.75, 3.05) is 18.9 Å². The highest BCUT2D eigenvalue weighted by Crippen LogP contribution is 2.26. The van der Waals surface area contributed by atoms with Crippen LogP contribution in [0.2, 0.25) is 0 Å². The highest BCUT2D eigenvalue weighted by atomic mass is 16.2. The minimum absolute atomic E-state index is 0.198. The molecule has 0 aliphatic carbocycles. The first-order valence-corrected chi connectivity index (χ1v) is 9.16. The van der Waals surface area contributed by atoms with E-state index in [4.69, 9.17) is 0 Å². The van der Waals surface area contributed by atoms with Gasteiger partial charge in [-0.3, -0.25) is 14.6 Å². The SMILES string of the molecule is Cc1cc(C)c(NC(=O)C(C)(C)C(=O)N(C)CCc2ccncc2)c(C)c1. The number of nitrogens with zero attached hydrogens (tertiary/aromatic N) is 2. The molecule has 2 aromatic rings. The van der Waals surface area contributed by atoms with Gasteiger partial charge in [0.2, 0.25) is 11.8 Å². The average Bonchev–Trinajstić information content (AvgIpc) is 2.62. The second-order valence-corrected chi connectivity index (χ2v) is 7.69. The van der Waals surface area contributed by atoms with Crippen molar-refractivity contribution in [3.63, 3.8) is 0 Å². The highest BCUT2D eigenvalue weighted by Gasteiger charge is 2.38. The maximum absolute atomic E-state index is 12.9. The number of carbonyl (C=O) groups excluding carboxylic acids is 2. The van der Waals surface area contributed by atoms with Crippen LogP contribution in [0.15, 0.2) is 36.7 Å². The van der Waals surface area contributed by atoms with Crippen LogP contribution in [-0.4, -0.2) is 35.3 Å². The van der Waals surface area contributed by atoms with Crippen molar-refractivity contribution < 1.29 is 9.59 Å². The zero-order chi connectivity index (χ0) is 20.2. The molecule has 1 N–H and O–H groups in total. The van der Waals surface area contributed by atoms with E-state index in [0.29, 0.717) is 6.54 Å². The van der Waals surface area contributed by atoms with E-state index in [0.717, 1.165) is 34.4 Å². The topological polar surface area (TPSA) is 62.3 Å². The van der Waals surface area contributed by atoms with E-state index in [-0.39, 0.29) is 11.8 Å². The molecule has 27 heavy (non-hydrogen) atoms. The first kappa shape index (κ1) is 20.6. The number of hydrogen-bond acceptors (Lipinski definition) is 3. The highest BCUT2D eigenvalue weighted by molar-refractivity contribution is 6.10. The van der Waals surface area contributed by atoms with Crippen molar-refractivity contribution in [1.29, 1.82) is 0 Å². The van der Waals surface area contributed by atoms with Gasteiger partial charge in [0.25, 0.3) is 0 Å². The fraction of sp³-hybridized carbons (Fsp3) is 0.409. The number of benzene rings is 1. The van der Waals surface area contributed by atoms with Gasteiger partial charge >= 0.3 is 0 Å². The minimum atomic E-state index is -1.16. The first-order chi connectivity index (χ1) is 12.6. The summed E-state index contributed by atoms with van der Waals surface area (Å²) in [6, 6.07) is 7.91. The van der Waals surface area contributed by atoms with Gasteiger partial charge in [0, 0.05) is 31.7 Å². The number of hydrogen-bond donors (Lipinski definition) is 1.